The lowest BCUT2D eigenvalue weighted by atomic mass is 10.1. The molecule has 0 saturated heterocycles. The molecule has 0 aliphatic heterocycles. The van der Waals surface area contributed by atoms with Gasteiger partial charge in [-0.1, -0.05) is 51.9 Å². The third-order valence-electron chi connectivity index (χ3n) is 4.62. The molecule has 0 atom stereocenters. The van der Waals surface area contributed by atoms with Gasteiger partial charge in [0.2, 0.25) is 5.75 Å². The van der Waals surface area contributed by atoms with Crippen LogP contribution in [0.15, 0.2) is 18.2 Å². The number of ether oxygens (including phenoxy) is 2. The molecule has 1 aromatic carbocycles. The number of nitrogens with zero attached hydrogens (tertiary/aromatic N) is 1. The topological polar surface area (TPSA) is 95.7 Å². The molecule has 0 amide bonds. The lowest BCUT2D eigenvalue weighted by Gasteiger charge is -2.06. The first kappa shape index (κ1) is 25.5. The number of esters is 2. The van der Waals surface area contributed by atoms with Crippen molar-refractivity contribution < 1.29 is 28.4 Å². The van der Waals surface area contributed by atoms with Crippen molar-refractivity contribution in [1.82, 2.24) is 0 Å². The molecule has 30 heavy (non-hydrogen) atoms. The smallest absolute Gasteiger partial charge is 0.311 e. The molecule has 168 valence electrons. The first-order chi connectivity index (χ1) is 14.4. The fourth-order valence-corrected chi connectivity index (χ4v) is 2.93. The van der Waals surface area contributed by atoms with Gasteiger partial charge in [-0.3, -0.25) is 19.7 Å². The molecule has 1 aromatic rings. The first-order valence-electron chi connectivity index (χ1n) is 10.7. The Kier molecular flexibility index (Phi) is 13.1. The standard InChI is InChI=1S/C22H32FNO6/c1-2-3-4-5-6-7-11-16-29-21(25)12-9-8-10-13-22(26)30-20-17-18(23)14-15-19(20)24(27)28/h14-15,17H,2-13,16H2,1H3. The molecule has 8 heteroatoms. The van der Waals surface area contributed by atoms with Crippen molar-refractivity contribution >= 4 is 17.6 Å². The SMILES string of the molecule is CCCCCCCCCOC(=O)CCCCCC(=O)Oc1cc(F)ccc1[N+](=O)[O-]. The van der Waals surface area contributed by atoms with Crippen molar-refractivity contribution in [2.24, 2.45) is 0 Å². The maximum absolute atomic E-state index is 13.2. The zero-order valence-electron chi connectivity index (χ0n) is 17.7. The van der Waals surface area contributed by atoms with Gasteiger partial charge in [0.15, 0.2) is 0 Å². The summed E-state index contributed by atoms with van der Waals surface area (Å²) in [6.45, 7) is 2.64. The van der Waals surface area contributed by atoms with Gasteiger partial charge in [-0.2, -0.15) is 0 Å². The van der Waals surface area contributed by atoms with Crippen LogP contribution in [-0.2, 0) is 14.3 Å². The van der Waals surface area contributed by atoms with Crippen molar-refractivity contribution in [3.05, 3.63) is 34.1 Å². The van der Waals surface area contributed by atoms with E-state index in [-0.39, 0.29) is 12.4 Å². The van der Waals surface area contributed by atoms with Gasteiger partial charge in [-0.25, -0.2) is 4.39 Å². The molecule has 0 N–H and O–H groups in total. The number of benzene rings is 1. The number of nitro benzene ring substituents is 1. The largest absolute Gasteiger partial charge is 0.466 e. The quantitative estimate of drug-likeness (QED) is 0.108. The Hall–Kier alpha value is -2.51. The summed E-state index contributed by atoms with van der Waals surface area (Å²) in [5, 5.41) is 10.9. The summed E-state index contributed by atoms with van der Waals surface area (Å²) in [5.41, 5.74) is -0.464. The zero-order chi connectivity index (χ0) is 22.2. The highest BCUT2D eigenvalue weighted by molar-refractivity contribution is 5.73. The summed E-state index contributed by atoms with van der Waals surface area (Å²) in [7, 11) is 0. The Bertz CT molecular complexity index is 680. The van der Waals surface area contributed by atoms with Crippen molar-refractivity contribution in [2.75, 3.05) is 6.61 Å². The Labute approximate surface area is 177 Å². The predicted molar refractivity (Wildman–Crippen MR) is 111 cm³/mol. The highest BCUT2D eigenvalue weighted by Gasteiger charge is 2.18. The summed E-state index contributed by atoms with van der Waals surface area (Å²) < 4.78 is 23.3. The fourth-order valence-electron chi connectivity index (χ4n) is 2.93. The van der Waals surface area contributed by atoms with Crippen LogP contribution in [0.25, 0.3) is 0 Å². The van der Waals surface area contributed by atoms with E-state index < -0.39 is 28.1 Å². The number of carbonyl (C=O) groups excluding carboxylic acids is 2. The average molecular weight is 425 g/mol. The van der Waals surface area contributed by atoms with E-state index in [1.807, 2.05) is 0 Å². The van der Waals surface area contributed by atoms with Crippen molar-refractivity contribution in [3.8, 4) is 5.75 Å². The van der Waals surface area contributed by atoms with Crippen molar-refractivity contribution in [1.29, 1.82) is 0 Å². The highest BCUT2D eigenvalue weighted by atomic mass is 19.1. The number of hydrogen-bond acceptors (Lipinski definition) is 6. The van der Waals surface area contributed by atoms with Gasteiger partial charge in [0.05, 0.1) is 11.5 Å². The summed E-state index contributed by atoms with van der Waals surface area (Å²) in [6, 6.07) is 2.70. The number of hydrogen-bond donors (Lipinski definition) is 0. The van der Waals surface area contributed by atoms with Crippen molar-refractivity contribution in [2.45, 2.75) is 84.0 Å². The molecule has 0 fully saturated rings. The van der Waals surface area contributed by atoms with Crippen LogP contribution in [0.1, 0.15) is 84.0 Å². The Morgan fingerprint density at radius 2 is 1.53 bits per heavy atom. The third-order valence-corrected chi connectivity index (χ3v) is 4.62. The van der Waals surface area contributed by atoms with E-state index in [9.17, 15) is 24.1 Å². The lowest BCUT2D eigenvalue weighted by Crippen LogP contribution is -2.09. The van der Waals surface area contributed by atoms with Crippen LogP contribution in [0, 0.1) is 15.9 Å². The fraction of sp³-hybridized carbons (Fsp3) is 0.636. The minimum atomic E-state index is -0.736. The number of unbranched alkanes of at least 4 members (excludes halogenated alkanes) is 8. The monoisotopic (exact) mass is 425 g/mol. The molecule has 0 spiro atoms. The Morgan fingerprint density at radius 1 is 0.933 bits per heavy atom. The molecule has 0 aliphatic carbocycles. The van der Waals surface area contributed by atoms with Gasteiger partial charge in [0.25, 0.3) is 0 Å². The van der Waals surface area contributed by atoms with Crippen LogP contribution in [0.2, 0.25) is 0 Å². The Balaban J connectivity index is 2.09. The van der Waals surface area contributed by atoms with E-state index in [0.717, 1.165) is 31.0 Å². The maximum atomic E-state index is 13.2. The molecule has 0 unspecified atom stereocenters. The van der Waals surface area contributed by atoms with Gasteiger partial charge in [0.1, 0.15) is 5.82 Å². The van der Waals surface area contributed by atoms with E-state index in [2.05, 4.69) is 6.92 Å². The normalized spacial score (nSPS) is 10.6. The molecule has 0 aromatic heterocycles. The number of nitro groups is 1. The average Bonchev–Trinajstić information content (AvgIpc) is 2.69. The molecule has 0 bridgehead atoms. The second-order valence-electron chi connectivity index (χ2n) is 7.25. The van der Waals surface area contributed by atoms with Crippen LogP contribution < -0.4 is 4.74 Å². The third kappa shape index (κ3) is 11.5. The van der Waals surface area contributed by atoms with Crippen LogP contribution >= 0.6 is 0 Å². The van der Waals surface area contributed by atoms with E-state index >= 15 is 0 Å². The van der Waals surface area contributed by atoms with Gasteiger partial charge in [0, 0.05) is 25.0 Å². The summed E-state index contributed by atoms with van der Waals surface area (Å²) in [6.07, 6.45) is 10.1. The van der Waals surface area contributed by atoms with Crippen LogP contribution in [0.5, 0.6) is 5.75 Å². The number of carbonyl (C=O) groups is 2. The molecular weight excluding hydrogens is 393 g/mol. The molecule has 0 saturated carbocycles. The first-order valence-corrected chi connectivity index (χ1v) is 10.7. The summed E-state index contributed by atoms with van der Waals surface area (Å²) in [5.74, 6) is -2.04. The maximum Gasteiger partial charge on any atom is 0.311 e. The molecule has 7 nitrogen and oxygen atoms in total. The van der Waals surface area contributed by atoms with E-state index in [4.69, 9.17) is 9.47 Å². The van der Waals surface area contributed by atoms with Crippen LogP contribution in [0.3, 0.4) is 0 Å². The zero-order valence-corrected chi connectivity index (χ0v) is 17.7. The van der Waals surface area contributed by atoms with Crippen LogP contribution in [-0.4, -0.2) is 23.5 Å². The molecule has 0 aliphatic rings. The van der Waals surface area contributed by atoms with E-state index in [1.165, 1.54) is 32.1 Å². The lowest BCUT2D eigenvalue weighted by molar-refractivity contribution is -0.385. The summed E-state index contributed by atoms with van der Waals surface area (Å²) >= 11 is 0. The van der Waals surface area contributed by atoms with E-state index in [1.54, 1.807) is 0 Å². The number of rotatable bonds is 16. The van der Waals surface area contributed by atoms with Crippen LogP contribution in [0.4, 0.5) is 10.1 Å². The molecule has 0 radical (unpaired) electrons. The van der Waals surface area contributed by atoms with Gasteiger partial charge in [-0.05, 0) is 25.3 Å². The minimum absolute atomic E-state index is 0.0285. The van der Waals surface area contributed by atoms with Crippen molar-refractivity contribution in [3.63, 3.8) is 0 Å². The number of halogens is 1. The molecule has 0 heterocycles. The predicted octanol–water partition coefficient (Wildman–Crippen LogP) is 5.88. The van der Waals surface area contributed by atoms with Gasteiger partial charge < -0.3 is 9.47 Å². The second-order valence-corrected chi connectivity index (χ2v) is 7.25. The summed E-state index contributed by atoms with van der Waals surface area (Å²) in [4.78, 5) is 33.7. The van der Waals surface area contributed by atoms with E-state index in [0.29, 0.717) is 32.3 Å². The van der Waals surface area contributed by atoms with Gasteiger partial charge in [-0.15, -0.1) is 0 Å². The Morgan fingerprint density at radius 3 is 2.20 bits per heavy atom. The minimum Gasteiger partial charge on any atom is -0.466 e. The highest BCUT2D eigenvalue weighted by Crippen LogP contribution is 2.28. The molecular formula is C22H32FNO6. The second kappa shape index (κ2) is 15.3. The molecule has 1 rings (SSSR count). The van der Waals surface area contributed by atoms with Gasteiger partial charge >= 0.3 is 17.6 Å².